The first-order valence-electron chi connectivity index (χ1n) is 4.04. The summed E-state index contributed by atoms with van der Waals surface area (Å²) in [7, 11) is 0. The fourth-order valence-electron chi connectivity index (χ4n) is 1.05. The van der Waals surface area contributed by atoms with Crippen molar-refractivity contribution in [1.82, 2.24) is 0 Å². The topological polar surface area (TPSA) is 23.8 Å². The molecule has 0 saturated carbocycles. The number of hydrogen-bond donors (Lipinski definition) is 0. The van der Waals surface area contributed by atoms with Crippen molar-refractivity contribution in [3.63, 3.8) is 0 Å². The van der Waals surface area contributed by atoms with Gasteiger partial charge in [0, 0.05) is 0 Å². The van der Waals surface area contributed by atoms with Gasteiger partial charge in [0.15, 0.2) is 0 Å². The van der Waals surface area contributed by atoms with Gasteiger partial charge in [0.25, 0.3) is 0 Å². The molecule has 1 rings (SSSR count). The van der Waals surface area contributed by atoms with Crippen molar-refractivity contribution in [3.05, 3.63) is 42.0 Å². The van der Waals surface area contributed by atoms with E-state index in [9.17, 15) is 0 Å². The molecule has 0 spiro atoms. The van der Waals surface area contributed by atoms with Crippen molar-refractivity contribution in [2.24, 2.45) is 0 Å². The van der Waals surface area contributed by atoms with Crippen molar-refractivity contribution < 1.29 is 0 Å². The zero-order valence-corrected chi connectivity index (χ0v) is 7.12. The highest BCUT2D eigenvalue weighted by Gasteiger charge is 1.96. The van der Waals surface area contributed by atoms with Crippen LogP contribution in [0.3, 0.4) is 0 Å². The molecule has 12 heavy (non-hydrogen) atoms. The van der Waals surface area contributed by atoms with Crippen LogP contribution in [0.25, 0.3) is 5.57 Å². The van der Waals surface area contributed by atoms with Gasteiger partial charge in [-0.15, -0.1) is 0 Å². The third kappa shape index (κ3) is 1.96. The lowest BCUT2D eigenvalue weighted by atomic mass is 10.1. The summed E-state index contributed by atoms with van der Waals surface area (Å²) in [6.45, 7) is 2.03. The molecule has 0 aliphatic carbocycles. The Morgan fingerprint density at radius 3 is 2.58 bits per heavy atom. The van der Waals surface area contributed by atoms with Crippen molar-refractivity contribution in [2.45, 2.75) is 13.3 Å². The highest BCUT2D eigenvalue weighted by atomic mass is 14.2. The predicted molar refractivity (Wildman–Crippen MR) is 50.3 cm³/mol. The SMILES string of the molecule is CC/C=C(/C#N)c1ccccc1. The van der Waals surface area contributed by atoms with Crippen LogP contribution in [0.5, 0.6) is 0 Å². The van der Waals surface area contributed by atoms with Crippen LogP contribution in [-0.4, -0.2) is 0 Å². The van der Waals surface area contributed by atoms with Crippen LogP contribution >= 0.6 is 0 Å². The fourth-order valence-corrected chi connectivity index (χ4v) is 1.05. The first-order chi connectivity index (χ1) is 5.88. The van der Waals surface area contributed by atoms with E-state index < -0.39 is 0 Å². The van der Waals surface area contributed by atoms with Crippen LogP contribution in [0.1, 0.15) is 18.9 Å². The summed E-state index contributed by atoms with van der Waals surface area (Å²) in [4.78, 5) is 0. The molecule has 0 unspecified atom stereocenters. The van der Waals surface area contributed by atoms with E-state index in [0.717, 1.165) is 17.6 Å². The molecule has 1 aromatic carbocycles. The van der Waals surface area contributed by atoms with E-state index in [1.807, 2.05) is 43.3 Å². The molecule has 0 fully saturated rings. The maximum absolute atomic E-state index is 8.79. The van der Waals surface area contributed by atoms with E-state index >= 15 is 0 Å². The number of hydrogen-bond acceptors (Lipinski definition) is 1. The molecule has 60 valence electrons. The highest BCUT2D eigenvalue weighted by Crippen LogP contribution is 2.12. The van der Waals surface area contributed by atoms with Gasteiger partial charge >= 0.3 is 0 Å². The van der Waals surface area contributed by atoms with Gasteiger partial charge in [-0.2, -0.15) is 5.26 Å². The Labute approximate surface area is 73.0 Å². The lowest BCUT2D eigenvalue weighted by Crippen LogP contribution is -1.78. The minimum absolute atomic E-state index is 0.762. The molecular weight excluding hydrogens is 146 g/mol. The van der Waals surface area contributed by atoms with Gasteiger partial charge in [0.05, 0.1) is 11.6 Å². The van der Waals surface area contributed by atoms with Crippen LogP contribution in [-0.2, 0) is 0 Å². The summed E-state index contributed by atoms with van der Waals surface area (Å²) in [5, 5.41) is 8.79. The molecule has 0 saturated heterocycles. The van der Waals surface area contributed by atoms with Crippen LogP contribution in [0.2, 0.25) is 0 Å². The Morgan fingerprint density at radius 1 is 1.42 bits per heavy atom. The van der Waals surface area contributed by atoms with E-state index in [1.54, 1.807) is 0 Å². The molecule has 0 N–H and O–H groups in total. The summed E-state index contributed by atoms with van der Waals surface area (Å²) in [6, 6.07) is 11.9. The number of nitrogens with zero attached hydrogens (tertiary/aromatic N) is 1. The molecule has 0 aliphatic rings. The van der Waals surface area contributed by atoms with Crippen molar-refractivity contribution in [2.75, 3.05) is 0 Å². The van der Waals surface area contributed by atoms with Crippen LogP contribution in [0.15, 0.2) is 36.4 Å². The second-order valence-corrected chi connectivity index (χ2v) is 2.50. The summed E-state index contributed by atoms with van der Waals surface area (Å²) in [5.41, 5.74) is 1.76. The van der Waals surface area contributed by atoms with Gasteiger partial charge < -0.3 is 0 Å². The Balaban J connectivity index is 2.98. The number of nitriles is 1. The second-order valence-electron chi connectivity index (χ2n) is 2.50. The molecule has 0 bridgehead atoms. The van der Waals surface area contributed by atoms with Gasteiger partial charge in [0.1, 0.15) is 0 Å². The Hall–Kier alpha value is -1.55. The third-order valence-corrected chi connectivity index (χ3v) is 1.61. The van der Waals surface area contributed by atoms with Gasteiger partial charge in [-0.1, -0.05) is 43.3 Å². The lowest BCUT2D eigenvalue weighted by molar-refractivity contribution is 1.23. The molecular formula is C11H11N. The Morgan fingerprint density at radius 2 is 2.08 bits per heavy atom. The Bertz CT molecular complexity index is 304. The fraction of sp³-hybridized carbons (Fsp3) is 0.182. The van der Waals surface area contributed by atoms with Crippen LogP contribution < -0.4 is 0 Å². The van der Waals surface area contributed by atoms with E-state index in [0.29, 0.717) is 0 Å². The molecule has 0 radical (unpaired) electrons. The molecule has 0 atom stereocenters. The largest absolute Gasteiger partial charge is 0.192 e. The first-order valence-corrected chi connectivity index (χ1v) is 4.04. The van der Waals surface area contributed by atoms with Gasteiger partial charge in [-0.3, -0.25) is 0 Å². The lowest BCUT2D eigenvalue weighted by Gasteiger charge is -1.95. The smallest absolute Gasteiger partial charge is 0.0994 e. The normalized spacial score (nSPS) is 10.8. The molecule has 1 nitrogen and oxygen atoms in total. The average Bonchev–Trinajstić information content (AvgIpc) is 2.15. The minimum Gasteiger partial charge on any atom is -0.192 e. The summed E-state index contributed by atoms with van der Waals surface area (Å²) in [6.07, 6.45) is 2.84. The van der Waals surface area contributed by atoms with E-state index in [2.05, 4.69) is 6.07 Å². The molecule has 1 aromatic rings. The second kappa shape index (κ2) is 4.35. The van der Waals surface area contributed by atoms with Gasteiger partial charge in [-0.25, -0.2) is 0 Å². The zero-order valence-electron chi connectivity index (χ0n) is 7.12. The maximum Gasteiger partial charge on any atom is 0.0994 e. The maximum atomic E-state index is 8.79. The average molecular weight is 157 g/mol. The summed E-state index contributed by atoms with van der Waals surface area (Å²) < 4.78 is 0. The predicted octanol–water partition coefficient (Wildman–Crippen LogP) is 3.00. The molecule has 0 aliphatic heterocycles. The summed E-state index contributed by atoms with van der Waals surface area (Å²) >= 11 is 0. The first kappa shape index (κ1) is 8.55. The third-order valence-electron chi connectivity index (χ3n) is 1.61. The van der Waals surface area contributed by atoms with Crippen molar-refractivity contribution >= 4 is 5.57 Å². The van der Waals surface area contributed by atoms with Gasteiger partial charge in [0.2, 0.25) is 0 Å². The standard InChI is InChI=1S/C11H11N/c1-2-6-11(9-12)10-7-4-3-5-8-10/h3-8H,2H2,1H3/b11-6-. The van der Waals surface area contributed by atoms with E-state index in [4.69, 9.17) is 5.26 Å². The van der Waals surface area contributed by atoms with Gasteiger partial charge in [-0.05, 0) is 12.0 Å². The zero-order chi connectivity index (χ0) is 8.81. The quantitative estimate of drug-likeness (QED) is 0.605. The van der Waals surface area contributed by atoms with E-state index in [-0.39, 0.29) is 0 Å². The molecule has 0 aromatic heterocycles. The molecule has 0 amide bonds. The number of rotatable bonds is 2. The summed E-state index contributed by atoms with van der Waals surface area (Å²) in [5.74, 6) is 0. The minimum atomic E-state index is 0.762. The van der Waals surface area contributed by atoms with Crippen molar-refractivity contribution in [3.8, 4) is 6.07 Å². The van der Waals surface area contributed by atoms with E-state index in [1.165, 1.54) is 0 Å². The molecule has 0 heterocycles. The van der Waals surface area contributed by atoms with Crippen molar-refractivity contribution in [1.29, 1.82) is 5.26 Å². The monoisotopic (exact) mass is 157 g/mol. The number of allylic oxidation sites excluding steroid dienone is 2. The van der Waals surface area contributed by atoms with Crippen LogP contribution in [0.4, 0.5) is 0 Å². The Kier molecular flexibility index (Phi) is 3.10. The molecule has 1 heteroatoms. The highest BCUT2D eigenvalue weighted by molar-refractivity contribution is 5.76. The van der Waals surface area contributed by atoms with Crippen LogP contribution in [0, 0.1) is 11.3 Å². The number of benzene rings is 1.